The first-order chi connectivity index (χ1) is 19.0. The Labute approximate surface area is 230 Å². The summed E-state index contributed by atoms with van der Waals surface area (Å²) in [6.07, 6.45) is 0.0302. The molecule has 40 heavy (non-hydrogen) atoms. The second-order valence-corrected chi connectivity index (χ2v) is 9.83. The number of epoxide rings is 1. The van der Waals surface area contributed by atoms with Crippen LogP contribution in [0.3, 0.4) is 0 Å². The molecule has 3 rings (SSSR count). The monoisotopic (exact) mass is 589 g/mol. The van der Waals surface area contributed by atoms with Crippen LogP contribution in [0.1, 0.15) is 22.2 Å². The Morgan fingerprint density at radius 2 is 1.43 bits per heavy atom. The SMILES string of the molecule is C[C@]1(C(=O)[C@H](Cc2ccccc2)NC(=O)[C@H](COC(F)F)NC(=O)[C@H](COC(F)F)NC(=O)c2cccs2)CO1. The maximum absolute atomic E-state index is 13.2. The molecule has 3 N–H and O–H groups in total. The van der Waals surface area contributed by atoms with Crippen LogP contribution in [0, 0.1) is 0 Å². The van der Waals surface area contributed by atoms with Crippen molar-refractivity contribution in [2.24, 2.45) is 0 Å². The minimum absolute atomic E-state index is 0.0302. The number of ether oxygens (including phenoxy) is 3. The summed E-state index contributed by atoms with van der Waals surface area (Å²) in [5.41, 5.74) is -0.468. The predicted molar refractivity (Wildman–Crippen MR) is 133 cm³/mol. The van der Waals surface area contributed by atoms with E-state index >= 15 is 0 Å². The van der Waals surface area contributed by atoms with Gasteiger partial charge in [0.05, 0.1) is 30.7 Å². The van der Waals surface area contributed by atoms with E-state index in [4.69, 9.17) is 4.74 Å². The average Bonchev–Trinajstić information content (AvgIpc) is 3.42. The van der Waals surface area contributed by atoms with Crippen molar-refractivity contribution in [3.63, 3.8) is 0 Å². The van der Waals surface area contributed by atoms with Crippen LogP contribution in [-0.2, 0) is 35.0 Å². The van der Waals surface area contributed by atoms with Gasteiger partial charge in [0.15, 0.2) is 5.78 Å². The second-order valence-electron chi connectivity index (χ2n) is 8.89. The summed E-state index contributed by atoms with van der Waals surface area (Å²) in [5, 5.41) is 8.35. The Hall–Kier alpha value is -3.40. The van der Waals surface area contributed by atoms with Crippen LogP contribution in [0.25, 0.3) is 0 Å². The lowest BCUT2D eigenvalue weighted by molar-refractivity contribution is -0.152. The molecule has 2 heterocycles. The van der Waals surface area contributed by atoms with Gasteiger partial charge in [0.25, 0.3) is 5.91 Å². The minimum atomic E-state index is -3.32. The van der Waals surface area contributed by atoms with Crippen molar-refractivity contribution in [3.8, 4) is 0 Å². The zero-order chi connectivity index (χ0) is 29.3. The molecular formula is C25H27F4N3O7S. The lowest BCUT2D eigenvalue weighted by Gasteiger charge is -2.25. The molecule has 0 spiro atoms. The molecule has 2 aromatic rings. The number of hydrogen-bond donors (Lipinski definition) is 3. The zero-order valence-corrected chi connectivity index (χ0v) is 21.9. The Morgan fingerprint density at radius 3 is 1.93 bits per heavy atom. The second kappa shape index (κ2) is 14.3. The molecule has 0 radical (unpaired) electrons. The largest absolute Gasteiger partial charge is 0.361 e. The molecule has 15 heteroatoms. The number of nitrogens with one attached hydrogen (secondary N) is 3. The minimum Gasteiger partial charge on any atom is -0.361 e. The van der Waals surface area contributed by atoms with Crippen molar-refractivity contribution in [1.29, 1.82) is 0 Å². The van der Waals surface area contributed by atoms with E-state index < -0.39 is 73.7 Å². The fourth-order valence-electron chi connectivity index (χ4n) is 3.56. The highest BCUT2D eigenvalue weighted by Crippen LogP contribution is 2.29. The number of carbonyl (C=O) groups excluding carboxylic acids is 4. The number of thiophene rings is 1. The Morgan fingerprint density at radius 1 is 0.875 bits per heavy atom. The highest BCUT2D eigenvalue weighted by molar-refractivity contribution is 7.12. The van der Waals surface area contributed by atoms with E-state index in [2.05, 4.69) is 25.4 Å². The van der Waals surface area contributed by atoms with Crippen molar-refractivity contribution in [3.05, 3.63) is 58.3 Å². The van der Waals surface area contributed by atoms with Crippen molar-refractivity contribution in [2.45, 2.75) is 50.3 Å². The van der Waals surface area contributed by atoms with Gasteiger partial charge < -0.3 is 30.2 Å². The van der Waals surface area contributed by atoms with Crippen LogP contribution < -0.4 is 16.0 Å². The van der Waals surface area contributed by atoms with Gasteiger partial charge >= 0.3 is 13.2 Å². The van der Waals surface area contributed by atoms with Crippen molar-refractivity contribution >= 4 is 34.8 Å². The predicted octanol–water partition coefficient (Wildman–Crippen LogP) is 1.90. The van der Waals surface area contributed by atoms with Gasteiger partial charge in [-0.2, -0.15) is 17.6 Å². The molecule has 0 saturated carbocycles. The Kier molecular flexibility index (Phi) is 11.1. The molecule has 3 amide bonds. The number of rotatable bonds is 16. The summed E-state index contributed by atoms with van der Waals surface area (Å²) in [5.74, 6) is -3.52. The van der Waals surface area contributed by atoms with Gasteiger partial charge in [-0.05, 0) is 30.4 Å². The summed E-state index contributed by atoms with van der Waals surface area (Å²) in [7, 11) is 0. The van der Waals surface area contributed by atoms with Crippen LogP contribution in [0.4, 0.5) is 17.6 Å². The van der Waals surface area contributed by atoms with Crippen LogP contribution in [-0.4, -0.2) is 80.3 Å². The van der Waals surface area contributed by atoms with Gasteiger partial charge in [0.2, 0.25) is 11.8 Å². The number of alkyl halides is 4. The fraction of sp³-hybridized carbons (Fsp3) is 0.440. The fourth-order valence-corrected chi connectivity index (χ4v) is 4.19. The molecule has 0 unspecified atom stereocenters. The summed E-state index contributed by atoms with van der Waals surface area (Å²) < 4.78 is 64.7. The van der Waals surface area contributed by atoms with Crippen LogP contribution in [0.2, 0.25) is 0 Å². The number of ketones is 1. The number of halogens is 4. The number of hydrogen-bond acceptors (Lipinski definition) is 8. The van der Waals surface area contributed by atoms with Crippen LogP contribution >= 0.6 is 11.3 Å². The molecule has 1 aromatic carbocycles. The summed E-state index contributed by atoms with van der Waals surface area (Å²) in [4.78, 5) is 51.7. The molecule has 0 aliphatic carbocycles. The molecule has 1 aromatic heterocycles. The van der Waals surface area contributed by atoms with Crippen molar-refractivity contribution in [1.82, 2.24) is 16.0 Å². The number of benzene rings is 1. The number of amides is 3. The molecule has 4 atom stereocenters. The summed E-state index contributed by atoms with van der Waals surface area (Å²) in [6.45, 7) is -6.97. The van der Waals surface area contributed by atoms with E-state index in [9.17, 15) is 36.7 Å². The molecule has 0 bridgehead atoms. The zero-order valence-electron chi connectivity index (χ0n) is 21.1. The average molecular weight is 590 g/mol. The first kappa shape index (κ1) is 31.1. The van der Waals surface area contributed by atoms with Gasteiger partial charge in [-0.1, -0.05) is 36.4 Å². The molecule has 10 nitrogen and oxygen atoms in total. The summed E-state index contributed by atoms with van der Waals surface area (Å²) >= 11 is 1.01. The topological polar surface area (TPSA) is 135 Å². The van der Waals surface area contributed by atoms with Crippen LogP contribution in [0.15, 0.2) is 47.8 Å². The number of carbonyl (C=O) groups is 4. The number of Topliss-reactive ketones (excluding diaryl/α,β-unsaturated/α-hetero) is 1. The van der Waals surface area contributed by atoms with Crippen molar-refractivity contribution < 1.29 is 51.0 Å². The third kappa shape index (κ3) is 9.36. The molecule has 1 aliphatic rings. The summed E-state index contributed by atoms with van der Waals surface area (Å²) in [6, 6.07) is 6.90. The van der Waals surface area contributed by atoms with E-state index in [0.717, 1.165) is 11.3 Å². The Balaban J connectivity index is 1.76. The molecule has 1 fully saturated rings. The first-order valence-electron chi connectivity index (χ1n) is 12.0. The normalized spacial score (nSPS) is 18.6. The van der Waals surface area contributed by atoms with E-state index in [1.54, 1.807) is 41.8 Å². The molecule has 218 valence electrons. The Bertz CT molecular complexity index is 1150. The third-order valence-corrected chi connectivity index (χ3v) is 6.66. The standard InChI is InChI=1S/C25H27F4N3O7S/c1-25(13-39-25)19(33)15(10-14-6-3-2-4-7-14)30-20(34)16(11-37-23(26)27)31-21(35)17(12-38-24(28)29)32-22(36)18-8-5-9-40-18/h2-9,15-17,23-24H,10-13H2,1H3,(H,30,34)(H,31,35)(H,32,36)/t15-,16-,17-,25+/m0/s1. The third-order valence-electron chi connectivity index (χ3n) is 5.79. The smallest absolute Gasteiger partial charge is 0.345 e. The van der Waals surface area contributed by atoms with Gasteiger partial charge in [-0.3, -0.25) is 19.2 Å². The highest BCUT2D eigenvalue weighted by Gasteiger charge is 2.50. The van der Waals surface area contributed by atoms with Crippen molar-refractivity contribution in [2.75, 3.05) is 19.8 Å². The van der Waals surface area contributed by atoms with E-state index in [0.29, 0.717) is 5.56 Å². The molecular weight excluding hydrogens is 562 g/mol. The van der Waals surface area contributed by atoms with E-state index in [-0.39, 0.29) is 17.9 Å². The van der Waals surface area contributed by atoms with Gasteiger partial charge in [0.1, 0.15) is 17.7 Å². The van der Waals surface area contributed by atoms with Gasteiger partial charge in [-0.25, -0.2) is 0 Å². The van der Waals surface area contributed by atoms with Gasteiger partial charge in [0, 0.05) is 0 Å². The lowest BCUT2D eigenvalue weighted by Crippen LogP contribution is -2.59. The van der Waals surface area contributed by atoms with E-state index in [1.165, 1.54) is 13.0 Å². The van der Waals surface area contributed by atoms with E-state index in [1.807, 2.05) is 0 Å². The maximum Gasteiger partial charge on any atom is 0.345 e. The molecule has 1 aliphatic heterocycles. The quantitative estimate of drug-likeness (QED) is 0.201. The molecule has 1 saturated heterocycles. The van der Waals surface area contributed by atoms with Gasteiger partial charge in [-0.15, -0.1) is 11.3 Å². The maximum atomic E-state index is 13.2. The lowest BCUT2D eigenvalue weighted by atomic mass is 9.94. The highest BCUT2D eigenvalue weighted by atomic mass is 32.1. The first-order valence-corrected chi connectivity index (χ1v) is 12.8. The van der Waals surface area contributed by atoms with Crippen LogP contribution in [0.5, 0.6) is 0 Å².